The zero-order valence-corrected chi connectivity index (χ0v) is 18.9. The normalized spacial score (nSPS) is 12.8. The lowest BCUT2D eigenvalue weighted by Gasteiger charge is -2.18. The van der Waals surface area contributed by atoms with Crippen LogP contribution in [-0.2, 0) is 21.4 Å². The average Bonchev–Trinajstić information content (AvgIpc) is 2.83. The van der Waals surface area contributed by atoms with Crippen molar-refractivity contribution >= 4 is 39.0 Å². The molecule has 174 valence electrons. The largest absolute Gasteiger partial charge is 0.482 e. The van der Waals surface area contributed by atoms with Crippen LogP contribution >= 0.6 is 0 Å². The Morgan fingerprint density at radius 2 is 1.65 bits per heavy atom. The number of carbonyl (C=O) groups is 3. The highest BCUT2D eigenvalue weighted by molar-refractivity contribution is 7.89. The summed E-state index contributed by atoms with van der Waals surface area (Å²) in [7, 11) is -3.76. The van der Waals surface area contributed by atoms with Gasteiger partial charge in [-0.25, -0.2) is 13.1 Å². The van der Waals surface area contributed by atoms with Crippen molar-refractivity contribution in [2.24, 2.45) is 0 Å². The van der Waals surface area contributed by atoms with E-state index in [1.165, 1.54) is 31.2 Å². The third-order valence-electron chi connectivity index (χ3n) is 5.12. The standard InChI is InChI=1S/C24H21N3O6S/c1-15(28)17-6-9-20(10-7-17)34(31,32)25-13-16-2-4-18(5-3-16)24(30)26-19-8-11-22-21(12-19)27-23(29)14-33-22/h2-12,25H,13-14H2,1H3,(H,26,30)(H,27,29). The van der Waals surface area contributed by atoms with Crippen LogP contribution < -0.4 is 20.1 Å². The number of benzene rings is 3. The number of nitrogens with one attached hydrogen (secondary N) is 3. The Balaban J connectivity index is 1.37. The van der Waals surface area contributed by atoms with E-state index in [-0.39, 0.29) is 35.6 Å². The highest BCUT2D eigenvalue weighted by Crippen LogP contribution is 2.30. The molecule has 1 heterocycles. The fraction of sp³-hybridized carbons (Fsp3) is 0.125. The molecule has 0 fully saturated rings. The molecular formula is C24H21N3O6S. The number of rotatable bonds is 7. The fourth-order valence-corrected chi connectivity index (χ4v) is 4.29. The molecule has 2 amide bonds. The molecule has 3 N–H and O–H groups in total. The summed E-state index contributed by atoms with van der Waals surface area (Å²) in [6, 6.07) is 17.1. The van der Waals surface area contributed by atoms with E-state index in [1.54, 1.807) is 42.5 Å². The van der Waals surface area contributed by atoms with Crippen molar-refractivity contribution in [3.05, 3.63) is 83.4 Å². The van der Waals surface area contributed by atoms with Crippen molar-refractivity contribution in [2.45, 2.75) is 18.4 Å². The molecule has 0 aliphatic carbocycles. The first-order chi connectivity index (χ1) is 16.2. The van der Waals surface area contributed by atoms with Crippen LogP contribution in [0.25, 0.3) is 0 Å². The van der Waals surface area contributed by atoms with E-state index in [9.17, 15) is 22.8 Å². The molecular weight excluding hydrogens is 458 g/mol. The molecule has 1 aliphatic rings. The lowest BCUT2D eigenvalue weighted by atomic mass is 10.1. The number of hydrogen-bond donors (Lipinski definition) is 3. The molecule has 0 spiro atoms. The summed E-state index contributed by atoms with van der Waals surface area (Å²) < 4.78 is 32.8. The molecule has 0 radical (unpaired) electrons. The minimum atomic E-state index is -3.76. The summed E-state index contributed by atoms with van der Waals surface area (Å²) in [5.74, 6) is -0.247. The van der Waals surface area contributed by atoms with Gasteiger partial charge in [-0.3, -0.25) is 14.4 Å². The Bertz CT molecular complexity index is 1370. The Kier molecular flexibility index (Phi) is 6.44. The SMILES string of the molecule is CC(=O)c1ccc(S(=O)(=O)NCc2ccc(C(=O)Nc3ccc4c(c3)NC(=O)CO4)cc2)cc1. The molecule has 0 bridgehead atoms. The smallest absolute Gasteiger partial charge is 0.262 e. The molecule has 34 heavy (non-hydrogen) atoms. The van der Waals surface area contributed by atoms with E-state index in [1.807, 2.05) is 0 Å². The first-order valence-corrected chi connectivity index (χ1v) is 11.8. The third-order valence-corrected chi connectivity index (χ3v) is 6.54. The maximum atomic E-state index is 12.6. The molecule has 3 aromatic carbocycles. The molecule has 10 heteroatoms. The first kappa shape index (κ1) is 23.1. The quantitative estimate of drug-likeness (QED) is 0.447. The summed E-state index contributed by atoms with van der Waals surface area (Å²) in [6.45, 7) is 1.39. The van der Waals surface area contributed by atoms with E-state index in [2.05, 4.69) is 15.4 Å². The number of ketones is 1. The van der Waals surface area contributed by atoms with E-state index in [0.717, 1.165) is 0 Å². The van der Waals surface area contributed by atoms with Gasteiger partial charge in [0.05, 0.1) is 10.6 Å². The third kappa shape index (κ3) is 5.30. The maximum Gasteiger partial charge on any atom is 0.262 e. The summed E-state index contributed by atoms with van der Waals surface area (Å²) in [5.41, 5.74) is 2.44. The summed E-state index contributed by atoms with van der Waals surface area (Å²) >= 11 is 0. The molecule has 0 aromatic heterocycles. The fourth-order valence-electron chi connectivity index (χ4n) is 3.27. The van der Waals surface area contributed by atoms with Crippen molar-refractivity contribution in [2.75, 3.05) is 17.2 Å². The van der Waals surface area contributed by atoms with Gasteiger partial charge in [0, 0.05) is 23.4 Å². The van der Waals surface area contributed by atoms with Gasteiger partial charge in [0.25, 0.3) is 11.8 Å². The lowest BCUT2D eigenvalue weighted by molar-refractivity contribution is -0.118. The molecule has 0 unspecified atom stereocenters. The zero-order chi connectivity index (χ0) is 24.3. The molecule has 3 aromatic rings. The van der Waals surface area contributed by atoms with Crippen LogP contribution in [0.5, 0.6) is 5.75 Å². The molecule has 0 saturated carbocycles. The Labute approximate surface area is 196 Å². The van der Waals surface area contributed by atoms with E-state index in [0.29, 0.717) is 33.8 Å². The number of anilines is 2. The number of carbonyl (C=O) groups excluding carboxylic acids is 3. The molecule has 1 aliphatic heterocycles. The summed E-state index contributed by atoms with van der Waals surface area (Å²) in [5, 5.41) is 5.43. The van der Waals surface area contributed by atoms with Crippen molar-refractivity contribution in [3.8, 4) is 5.75 Å². The predicted molar refractivity (Wildman–Crippen MR) is 125 cm³/mol. The van der Waals surface area contributed by atoms with E-state index < -0.39 is 10.0 Å². The van der Waals surface area contributed by atoms with Crippen molar-refractivity contribution < 1.29 is 27.5 Å². The highest BCUT2D eigenvalue weighted by atomic mass is 32.2. The maximum absolute atomic E-state index is 12.6. The molecule has 9 nitrogen and oxygen atoms in total. The van der Waals surface area contributed by atoms with Gasteiger partial charge in [-0.1, -0.05) is 24.3 Å². The first-order valence-electron chi connectivity index (χ1n) is 10.3. The topological polar surface area (TPSA) is 131 Å². The summed E-state index contributed by atoms with van der Waals surface area (Å²) in [4.78, 5) is 35.4. The molecule has 4 rings (SSSR count). The second kappa shape index (κ2) is 9.46. The van der Waals surface area contributed by atoms with Crippen molar-refractivity contribution in [1.29, 1.82) is 0 Å². The van der Waals surface area contributed by atoms with E-state index >= 15 is 0 Å². The van der Waals surface area contributed by atoms with Gasteiger partial charge in [-0.2, -0.15) is 0 Å². The second-order valence-corrected chi connectivity index (χ2v) is 9.37. The van der Waals surface area contributed by atoms with Gasteiger partial charge in [0.2, 0.25) is 10.0 Å². The second-order valence-electron chi connectivity index (χ2n) is 7.60. The average molecular weight is 480 g/mol. The minimum absolute atomic E-state index is 0.0310. The molecule has 0 atom stereocenters. The van der Waals surface area contributed by atoms with Gasteiger partial charge >= 0.3 is 0 Å². The van der Waals surface area contributed by atoms with Crippen LogP contribution in [0.1, 0.15) is 33.2 Å². The number of Topliss-reactive ketones (excluding diaryl/α,β-unsaturated/α-hetero) is 1. The number of ether oxygens (including phenoxy) is 1. The molecule has 0 saturated heterocycles. The Morgan fingerprint density at radius 1 is 0.971 bits per heavy atom. The highest BCUT2D eigenvalue weighted by Gasteiger charge is 2.17. The number of fused-ring (bicyclic) bond motifs is 1. The Morgan fingerprint density at radius 3 is 2.32 bits per heavy atom. The van der Waals surface area contributed by atoms with Crippen LogP contribution in [0.2, 0.25) is 0 Å². The summed E-state index contributed by atoms with van der Waals surface area (Å²) in [6.07, 6.45) is 0. The van der Waals surface area contributed by atoms with Crippen LogP contribution in [0.3, 0.4) is 0 Å². The number of sulfonamides is 1. The van der Waals surface area contributed by atoms with Gasteiger partial charge in [0.15, 0.2) is 12.4 Å². The Hall–Kier alpha value is -4.02. The van der Waals surface area contributed by atoms with Gasteiger partial charge in [-0.15, -0.1) is 0 Å². The number of hydrogen-bond acceptors (Lipinski definition) is 6. The van der Waals surface area contributed by atoms with Crippen molar-refractivity contribution in [1.82, 2.24) is 4.72 Å². The minimum Gasteiger partial charge on any atom is -0.482 e. The van der Waals surface area contributed by atoms with E-state index in [4.69, 9.17) is 4.74 Å². The van der Waals surface area contributed by atoms with Crippen LogP contribution in [0, 0.1) is 0 Å². The monoisotopic (exact) mass is 479 g/mol. The predicted octanol–water partition coefficient (Wildman–Crippen LogP) is 2.95. The zero-order valence-electron chi connectivity index (χ0n) is 18.1. The van der Waals surface area contributed by atoms with Crippen molar-refractivity contribution in [3.63, 3.8) is 0 Å². The number of amides is 2. The lowest BCUT2D eigenvalue weighted by Crippen LogP contribution is -2.25. The van der Waals surface area contributed by atoms with Gasteiger partial charge < -0.3 is 15.4 Å². The van der Waals surface area contributed by atoms with Crippen LogP contribution in [0.15, 0.2) is 71.6 Å². The van der Waals surface area contributed by atoms with Crippen LogP contribution in [0.4, 0.5) is 11.4 Å². The van der Waals surface area contributed by atoms with Crippen LogP contribution in [-0.4, -0.2) is 32.6 Å². The van der Waals surface area contributed by atoms with Gasteiger partial charge in [0.1, 0.15) is 5.75 Å². The van der Waals surface area contributed by atoms with Gasteiger partial charge in [-0.05, 0) is 55.0 Å².